The van der Waals surface area contributed by atoms with Gasteiger partial charge in [0.2, 0.25) is 0 Å². The van der Waals surface area contributed by atoms with Gasteiger partial charge in [-0.2, -0.15) is 0 Å². The molecular weight excluding hydrogens is 260 g/mol. The molecule has 21 heavy (non-hydrogen) atoms. The minimum atomic E-state index is 0.809. The molecule has 0 fully saturated rings. The number of aryl methyl sites for hydroxylation is 1. The molecule has 0 aliphatic rings. The summed E-state index contributed by atoms with van der Waals surface area (Å²) in [7, 11) is 0. The van der Waals surface area contributed by atoms with Gasteiger partial charge in [-0.3, -0.25) is 4.90 Å². The topological polar surface area (TPSA) is 33.1 Å². The normalized spacial score (nSPS) is 11.0. The van der Waals surface area contributed by atoms with E-state index < -0.39 is 0 Å². The molecule has 0 saturated carbocycles. The van der Waals surface area contributed by atoms with E-state index in [-0.39, 0.29) is 0 Å². The van der Waals surface area contributed by atoms with Gasteiger partial charge >= 0.3 is 0 Å². The molecule has 0 amide bonds. The molecule has 0 radical (unpaired) electrons. The lowest BCUT2D eigenvalue weighted by Gasteiger charge is -2.20. The van der Waals surface area contributed by atoms with Crippen molar-refractivity contribution < 1.29 is 0 Å². The summed E-state index contributed by atoms with van der Waals surface area (Å²) in [5, 5.41) is 3.56. The molecule has 1 heterocycles. The summed E-state index contributed by atoms with van der Waals surface area (Å²) in [5.41, 5.74) is 3.78. The van der Waals surface area contributed by atoms with Gasteiger partial charge in [0, 0.05) is 25.0 Å². The van der Waals surface area contributed by atoms with Crippen molar-refractivity contribution in [1.29, 1.82) is 0 Å². The summed E-state index contributed by atoms with van der Waals surface area (Å²) in [4.78, 5) is 6.64. The Bertz CT molecular complexity index is 543. The van der Waals surface area contributed by atoms with Gasteiger partial charge < -0.3 is 9.88 Å². The second-order valence-electron chi connectivity index (χ2n) is 5.14. The molecule has 1 N–H and O–H groups in total. The van der Waals surface area contributed by atoms with Crippen molar-refractivity contribution >= 4 is 5.69 Å². The third kappa shape index (κ3) is 4.08. The zero-order valence-corrected chi connectivity index (χ0v) is 13.3. The van der Waals surface area contributed by atoms with Crippen molar-refractivity contribution in [1.82, 2.24) is 14.5 Å². The first-order valence-corrected chi connectivity index (χ1v) is 7.81. The number of hydrogen-bond donors (Lipinski definition) is 1. The first-order valence-electron chi connectivity index (χ1n) is 7.81. The minimum Gasteiger partial charge on any atom is -0.379 e. The first-order chi connectivity index (χ1) is 10.3. The average Bonchev–Trinajstić information content (AvgIpc) is 2.99. The Balaban J connectivity index is 2.06. The van der Waals surface area contributed by atoms with Gasteiger partial charge in [-0.25, -0.2) is 4.98 Å². The molecule has 0 bridgehead atoms. The van der Waals surface area contributed by atoms with Gasteiger partial charge in [-0.15, -0.1) is 0 Å². The van der Waals surface area contributed by atoms with E-state index in [2.05, 4.69) is 64.8 Å². The van der Waals surface area contributed by atoms with Crippen molar-refractivity contribution in [2.45, 2.75) is 40.4 Å². The number of anilines is 1. The van der Waals surface area contributed by atoms with E-state index in [0.717, 1.165) is 32.7 Å². The second-order valence-corrected chi connectivity index (χ2v) is 5.14. The van der Waals surface area contributed by atoms with Crippen molar-refractivity contribution in [3.8, 4) is 0 Å². The molecule has 0 atom stereocenters. The number of aromatic nitrogens is 2. The van der Waals surface area contributed by atoms with E-state index in [0.29, 0.717) is 0 Å². The molecule has 114 valence electrons. The lowest BCUT2D eigenvalue weighted by Crippen LogP contribution is -2.22. The SMILES string of the molecule is CCN(CC)Cc1ccccc1NCc1cncn1CC. The van der Waals surface area contributed by atoms with Gasteiger partial charge in [0.15, 0.2) is 0 Å². The molecule has 1 aromatic heterocycles. The standard InChI is InChI=1S/C17H26N4/c1-4-20(5-2)13-15-9-7-8-10-17(15)19-12-16-11-18-14-21(16)6-3/h7-11,14,19H,4-6,12-13H2,1-3H3. The molecule has 0 unspecified atom stereocenters. The number of hydrogen-bond acceptors (Lipinski definition) is 3. The molecule has 0 aliphatic heterocycles. The molecule has 0 aliphatic carbocycles. The summed E-state index contributed by atoms with van der Waals surface area (Å²) in [5.74, 6) is 0. The van der Waals surface area contributed by atoms with E-state index in [1.165, 1.54) is 16.9 Å². The van der Waals surface area contributed by atoms with Crippen LogP contribution in [-0.4, -0.2) is 27.5 Å². The highest BCUT2D eigenvalue weighted by atomic mass is 15.1. The Morgan fingerprint density at radius 3 is 2.62 bits per heavy atom. The van der Waals surface area contributed by atoms with Crippen LogP contribution in [0.15, 0.2) is 36.8 Å². The summed E-state index contributed by atoms with van der Waals surface area (Å²) >= 11 is 0. The van der Waals surface area contributed by atoms with Crippen LogP contribution in [-0.2, 0) is 19.6 Å². The molecule has 2 aromatic rings. The van der Waals surface area contributed by atoms with Gasteiger partial charge in [0.1, 0.15) is 0 Å². The first kappa shape index (κ1) is 15.6. The maximum atomic E-state index is 4.22. The minimum absolute atomic E-state index is 0.809. The fraction of sp³-hybridized carbons (Fsp3) is 0.471. The highest BCUT2D eigenvalue weighted by Gasteiger charge is 2.07. The van der Waals surface area contributed by atoms with Crippen molar-refractivity contribution in [2.24, 2.45) is 0 Å². The van der Waals surface area contributed by atoms with Crippen LogP contribution in [0.25, 0.3) is 0 Å². The van der Waals surface area contributed by atoms with E-state index in [4.69, 9.17) is 0 Å². The van der Waals surface area contributed by atoms with Crippen LogP contribution < -0.4 is 5.32 Å². The van der Waals surface area contributed by atoms with E-state index in [1.807, 2.05) is 12.5 Å². The van der Waals surface area contributed by atoms with Crippen LogP contribution >= 0.6 is 0 Å². The van der Waals surface area contributed by atoms with Crippen molar-refractivity contribution in [2.75, 3.05) is 18.4 Å². The number of nitrogens with one attached hydrogen (secondary N) is 1. The zero-order chi connectivity index (χ0) is 15.1. The average molecular weight is 286 g/mol. The zero-order valence-electron chi connectivity index (χ0n) is 13.3. The Morgan fingerprint density at radius 2 is 1.90 bits per heavy atom. The van der Waals surface area contributed by atoms with E-state index in [1.54, 1.807) is 0 Å². The van der Waals surface area contributed by atoms with E-state index >= 15 is 0 Å². The van der Waals surface area contributed by atoms with Gasteiger partial charge in [0.25, 0.3) is 0 Å². The fourth-order valence-electron chi connectivity index (χ4n) is 2.48. The summed E-state index contributed by atoms with van der Waals surface area (Å²) in [6, 6.07) is 8.56. The van der Waals surface area contributed by atoms with Gasteiger partial charge in [-0.05, 0) is 31.6 Å². The summed E-state index contributed by atoms with van der Waals surface area (Å²) in [6.45, 7) is 11.5. The number of imidazole rings is 1. The van der Waals surface area contributed by atoms with Crippen LogP contribution in [0.4, 0.5) is 5.69 Å². The van der Waals surface area contributed by atoms with E-state index in [9.17, 15) is 0 Å². The predicted molar refractivity (Wildman–Crippen MR) is 88.3 cm³/mol. The van der Waals surface area contributed by atoms with Crippen LogP contribution in [0.3, 0.4) is 0 Å². The van der Waals surface area contributed by atoms with Crippen LogP contribution in [0.5, 0.6) is 0 Å². The van der Waals surface area contributed by atoms with Gasteiger partial charge in [0.05, 0.1) is 18.6 Å². The Hall–Kier alpha value is -1.81. The van der Waals surface area contributed by atoms with Crippen LogP contribution in [0.2, 0.25) is 0 Å². The largest absolute Gasteiger partial charge is 0.379 e. The highest BCUT2D eigenvalue weighted by Crippen LogP contribution is 2.18. The quantitative estimate of drug-likeness (QED) is 0.808. The number of para-hydroxylation sites is 1. The lowest BCUT2D eigenvalue weighted by atomic mass is 10.1. The van der Waals surface area contributed by atoms with Crippen LogP contribution in [0.1, 0.15) is 32.0 Å². The molecule has 0 spiro atoms. The Kier molecular flexibility index (Phi) is 5.81. The third-order valence-corrected chi connectivity index (χ3v) is 3.90. The summed E-state index contributed by atoms with van der Waals surface area (Å²) < 4.78 is 2.17. The fourth-order valence-corrected chi connectivity index (χ4v) is 2.48. The molecule has 0 saturated heterocycles. The smallest absolute Gasteiger partial charge is 0.0948 e. The Labute approximate surface area is 127 Å². The maximum Gasteiger partial charge on any atom is 0.0948 e. The van der Waals surface area contributed by atoms with Crippen LogP contribution in [0, 0.1) is 0 Å². The molecule has 4 nitrogen and oxygen atoms in total. The number of rotatable bonds is 8. The van der Waals surface area contributed by atoms with Gasteiger partial charge in [-0.1, -0.05) is 32.0 Å². The number of nitrogens with zero attached hydrogens (tertiary/aromatic N) is 3. The number of benzene rings is 1. The van der Waals surface area contributed by atoms with Crippen molar-refractivity contribution in [3.05, 3.63) is 48.0 Å². The van der Waals surface area contributed by atoms with Crippen molar-refractivity contribution in [3.63, 3.8) is 0 Å². The molecular formula is C17H26N4. The predicted octanol–water partition coefficient (Wildman–Crippen LogP) is 3.36. The Morgan fingerprint density at radius 1 is 1.14 bits per heavy atom. The lowest BCUT2D eigenvalue weighted by molar-refractivity contribution is 0.296. The monoisotopic (exact) mass is 286 g/mol. The molecule has 1 aromatic carbocycles. The highest BCUT2D eigenvalue weighted by molar-refractivity contribution is 5.51. The molecule has 4 heteroatoms. The maximum absolute atomic E-state index is 4.22. The summed E-state index contributed by atoms with van der Waals surface area (Å²) in [6.07, 6.45) is 3.82. The third-order valence-electron chi connectivity index (χ3n) is 3.90. The molecule has 2 rings (SSSR count). The second kappa shape index (κ2) is 7.84.